The lowest BCUT2D eigenvalue weighted by molar-refractivity contribution is 0.187. The first-order valence-electron chi connectivity index (χ1n) is 8.51. The van der Waals surface area contributed by atoms with E-state index < -0.39 is 0 Å². The van der Waals surface area contributed by atoms with Gasteiger partial charge in [0.15, 0.2) is 0 Å². The van der Waals surface area contributed by atoms with Crippen LogP contribution in [0.3, 0.4) is 0 Å². The van der Waals surface area contributed by atoms with E-state index in [1.54, 1.807) is 0 Å². The van der Waals surface area contributed by atoms with Crippen molar-refractivity contribution >= 4 is 0 Å². The highest BCUT2D eigenvalue weighted by atomic mass is 16.5. The molecule has 0 radical (unpaired) electrons. The van der Waals surface area contributed by atoms with Gasteiger partial charge in [-0.25, -0.2) is 0 Å². The molecule has 1 aromatic carbocycles. The Morgan fingerprint density at radius 2 is 1.90 bits per heavy atom. The maximum absolute atomic E-state index is 5.73. The molecular formula is C18H28N2O. The van der Waals surface area contributed by atoms with Crippen LogP contribution in [0.4, 0.5) is 0 Å². The van der Waals surface area contributed by atoms with Crippen molar-refractivity contribution in [1.82, 2.24) is 10.2 Å². The molecule has 2 fully saturated rings. The predicted molar refractivity (Wildman–Crippen MR) is 86.6 cm³/mol. The minimum atomic E-state index is 0.740. The lowest BCUT2D eigenvalue weighted by Gasteiger charge is -2.32. The number of nitrogens with zero attached hydrogens (tertiary/aromatic N) is 1. The summed E-state index contributed by atoms with van der Waals surface area (Å²) in [5.74, 6) is 2.04. The smallest absolute Gasteiger partial charge is 0.123 e. The lowest BCUT2D eigenvalue weighted by Crippen LogP contribution is -2.42. The summed E-state index contributed by atoms with van der Waals surface area (Å²) in [6, 6.07) is 9.19. The molecule has 0 atom stereocenters. The van der Waals surface area contributed by atoms with Crippen LogP contribution in [0, 0.1) is 5.92 Å². The Labute approximate surface area is 128 Å². The quantitative estimate of drug-likeness (QED) is 0.834. The molecule has 0 bridgehead atoms. The third-order valence-corrected chi connectivity index (χ3v) is 4.65. The first-order chi connectivity index (χ1) is 10.3. The highest BCUT2D eigenvalue weighted by Crippen LogP contribution is 2.28. The Morgan fingerprint density at radius 3 is 2.62 bits per heavy atom. The van der Waals surface area contributed by atoms with E-state index in [0.29, 0.717) is 0 Å². The molecule has 3 rings (SSSR count). The molecular weight excluding hydrogens is 260 g/mol. The van der Waals surface area contributed by atoms with Crippen LogP contribution in [-0.4, -0.2) is 37.2 Å². The zero-order valence-corrected chi connectivity index (χ0v) is 13.2. The van der Waals surface area contributed by atoms with Crippen molar-refractivity contribution in [1.29, 1.82) is 0 Å². The molecule has 1 saturated heterocycles. The molecule has 21 heavy (non-hydrogen) atoms. The van der Waals surface area contributed by atoms with Gasteiger partial charge >= 0.3 is 0 Å². The van der Waals surface area contributed by atoms with Crippen molar-refractivity contribution in [2.75, 3.05) is 26.2 Å². The second kappa shape index (κ2) is 7.28. The van der Waals surface area contributed by atoms with Gasteiger partial charge < -0.3 is 10.1 Å². The summed E-state index contributed by atoms with van der Waals surface area (Å²) >= 11 is 0. The third-order valence-electron chi connectivity index (χ3n) is 4.65. The minimum absolute atomic E-state index is 0.740. The molecule has 1 N–H and O–H groups in total. The Balaban J connectivity index is 1.46. The summed E-state index contributed by atoms with van der Waals surface area (Å²) in [7, 11) is 0. The number of benzene rings is 1. The molecule has 1 heterocycles. The van der Waals surface area contributed by atoms with Gasteiger partial charge in [-0.1, -0.05) is 18.2 Å². The van der Waals surface area contributed by atoms with Gasteiger partial charge in [0.05, 0.1) is 6.61 Å². The Morgan fingerprint density at radius 1 is 1.14 bits per heavy atom. The SMILES string of the molecule is CCOc1ccccc1CN1CCC(NCC2CC2)CC1. The molecule has 1 aromatic rings. The van der Waals surface area contributed by atoms with E-state index in [1.165, 1.54) is 50.9 Å². The van der Waals surface area contributed by atoms with Gasteiger partial charge in [-0.3, -0.25) is 4.90 Å². The first kappa shape index (κ1) is 14.9. The van der Waals surface area contributed by atoms with Crippen molar-refractivity contribution in [3.63, 3.8) is 0 Å². The normalized spacial score (nSPS) is 20.6. The summed E-state index contributed by atoms with van der Waals surface area (Å²) in [4.78, 5) is 2.56. The molecule has 1 aliphatic carbocycles. The van der Waals surface area contributed by atoms with Gasteiger partial charge in [0.25, 0.3) is 0 Å². The van der Waals surface area contributed by atoms with Crippen LogP contribution in [0.1, 0.15) is 38.2 Å². The lowest BCUT2D eigenvalue weighted by atomic mass is 10.0. The van der Waals surface area contributed by atoms with Crippen molar-refractivity contribution in [2.45, 2.75) is 45.2 Å². The van der Waals surface area contributed by atoms with Gasteiger partial charge in [0, 0.05) is 18.2 Å². The van der Waals surface area contributed by atoms with Crippen LogP contribution in [0.25, 0.3) is 0 Å². The number of nitrogens with one attached hydrogen (secondary N) is 1. The largest absolute Gasteiger partial charge is 0.494 e. The topological polar surface area (TPSA) is 24.5 Å². The number of likely N-dealkylation sites (tertiary alicyclic amines) is 1. The summed E-state index contributed by atoms with van der Waals surface area (Å²) in [6.45, 7) is 7.45. The molecule has 1 aliphatic heterocycles. The van der Waals surface area contributed by atoms with Crippen LogP contribution in [0.2, 0.25) is 0 Å². The van der Waals surface area contributed by atoms with E-state index in [9.17, 15) is 0 Å². The van der Waals surface area contributed by atoms with Gasteiger partial charge in [0.2, 0.25) is 0 Å². The standard InChI is InChI=1S/C18H28N2O/c1-2-21-18-6-4-3-5-16(18)14-20-11-9-17(10-12-20)19-13-15-7-8-15/h3-6,15,17,19H,2,7-14H2,1H3. The first-order valence-corrected chi connectivity index (χ1v) is 8.51. The molecule has 0 spiro atoms. The maximum Gasteiger partial charge on any atom is 0.123 e. The van der Waals surface area contributed by atoms with E-state index in [1.807, 2.05) is 6.92 Å². The molecule has 3 heteroatoms. The van der Waals surface area contributed by atoms with Crippen molar-refractivity contribution in [3.05, 3.63) is 29.8 Å². The van der Waals surface area contributed by atoms with Crippen molar-refractivity contribution in [3.8, 4) is 5.75 Å². The summed E-state index contributed by atoms with van der Waals surface area (Å²) in [5.41, 5.74) is 1.32. The molecule has 0 aromatic heterocycles. The van der Waals surface area contributed by atoms with E-state index in [0.717, 1.165) is 30.9 Å². The number of hydrogen-bond acceptors (Lipinski definition) is 3. The van der Waals surface area contributed by atoms with Crippen LogP contribution in [-0.2, 0) is 6.54 Å². The number of rotatable bonds is 7. The second-order valence-corrected chi connectivity index (χ2v) is 6.44. The zero-order valence-electron chi connectivity index (χ0n) is 13.2. The predicted octanol–water partition coefficient (Wildman–Crippen LogP) is 3.05. The van der Waals surface area contributed by atoms with E-state index in [-0.39, 0.29) is 0 Å². The van der Waals surface area contributed by atoms with Crippen LogP contribution in [0.5, 0.6) is 5.75 Å². The van der Waals surface area contributed by atoms with Crippen LogP contribution >= 0.6 is 0 Å². The molecule has 0 amide bonds. The molecule has 2 aliphatic rings. The van der Waals surface area contributed by atoms with Crippen molar-refractivity contribution in [2.24, 2.45) is 5.92 Å². The highest BCUT2D eigenvalue weighted by Gasteiger charge is 2.24. The van der Waals surface area contributed by atoms with E-state index in [4.69, 9.17) is 4.74 Å². The summed E-state index contributed by atoms with van der Waals surface area (Å²) < 4.78 is 5.73. The monoisotopic (exact) mass is 288 g/mol. The molecule has 0 unspecified atom stereocenters. The average Bonchev–Trinajstić information content (AvgIpc) is 3.33. The summed E-state index contributed by atoms with van der Waals surface area (Å²) in [5, 5.41) is 3.75. The van der Waals surface area contributed by atoms with E-state index in [2.05, 4.69) is 34.5 Å². The number of para-hydroxylation sites is 1. The van der Waals surface area contributed by atoms with Crippen molar-refractivity contribution < 1.29 is 4.74 Å². The van der Waals surface area contributed by atoms with Gasteiger partial charge in [-0.2, -0.15) is 0 Å². The number of ether oxygens (including phenoxy) is 1. The zero-order chi connectivity index (χ0) is 14.5. The second-order valence-electron chi connectivity index (χ2n) is 6.44. The van der Waals surface area contributed by atoms with Crippen LogP contribution < -0.4 is 10.1 Å². The molecule has 1 saturated carbocycles. The number of hydrogen-bond donors (Lipinski definition) is 1. The van der Waals surface area contributed by atoms with Gasteiger partial charge in [-0.05, 0) is 64.2 Å². The third kappa shape index (κ3) is 4.45. The molecule has 116 valence electrons. The fraction of sp³-hybridized carbons (Fsp3) is 0.667. The van der Waals surface area contributed by atoms with Gasteiger partial charge in [-0.15, -0.1) is 0 Å². The summed E-state index contributed by atoms with van der Waals surface area (Å²) in [6.07, 6.45) is 5.45. The number of piperidine rings is 1. The Kier molecular flexibility index (Phi) is 5.15. The van der Waals surface area contributed by atoms with Crippen LogP contribution in [0.15, 0.2) is 24.3 Å². The van der Waals surface area contributed by atoms with E-state index >= 15 is 0 Å². The minimum Gasteiger partial charge on any atom is -0.494 e. The van der Waals surface area contributed by atoms with Gasteiger partial charge in [0.1, 0.15) is 5.75 Å². The Bertz CT molecular complexity index is 437. The fourth-order valence-electron chi connectivity index (χ4n) is 3.12. The molecule has 3 nitrogen and oxygen atoms in total. The maximum atomic E-state index is 5.73. The average molecular weight is 288 g/mol. The highest BCUT2D eigenvalue weighted by molar-refractivity contribution is 5.33. The Hall–Kier alpha value is -1.06. The fourth-order valence-corrected chi connectivity index (χ4v) is 3.12.